The highest BCUT2D eigenvalue weighted by Gasteiger charge is 2.29. The maximum atomic E-state index is 5.25. The second-order valence-electron chi connectivity index (χ2n) is 5.84. The Hall–Kier alpha value is -0.120. The molecule has 0 saturated carbocycles. The first-order valence-electron chi connectivity index (χ1n) is 7.04. The fourth-order valence-electron chi connectivity index (χ4n) is 2.78. The van der Waals surface area contributed by atoms with Crippen LogP contribution >= 0.6 is 0 Å². The van der Waals surface area contributed by atoms with Crippen molar-refractivity contribution >= 4 is 0 Å². The van der Waals surface area contributed by atoms with Crippen LogP contribution in [-0.2, 0) is 4.74 Å². The molecule has 3 unspecified atom stereocenters. The van der Waals surface area contributed by atoms with Gasteiger partial charge in [-0.3, -0.25) is 4.90 Å². The second kappa shape index (κ2) is 7.34. The smallest absolute Gasteiger partial charge is 0.0500 e. The normalized spacial score (nSPS) is 28.6. The highest BCUT2D eigenvalue weighted by molar-refractivity contribution is 4.87. The Kier molecular flexibility index (Phi) is 6.45. The lowest BCUT2D eigenvalue weighted by Gasteiger charge is -2.43. The van der Waals surface area contributed by atoms with Crippen molar-refractivity contribution in [3.05, 3.63) is 0 Å². The number of hydrogen-bond donors (Lipinski definition) is 1. The van der Waals surface area contributed by atoms with Crippen LogP contribution in [0.2, 0.25) is 0 Å². The average molecular weight is 242 g/mol. The quantitative estimate of drug-likeness (QED) is 0.771. The zero-order chi connectivity index (χ0) is 12.8. The lowest BCUT2D eigenvalue weighted by atomic mass is 9.96. The molecule has 1 N–H and O–H groups in total. The summed E-state index contributed by atoms with van der Waals surface area (Å²) in [5.74, 6) is 1.34. The fraction of sp³-hybridized carbons (Fsp3) is 1.00. The molecule has 0 aromatic heterocycles. The minimum absolute atomic E-state index is 0.622. The zero-order valence-electron chi connectivity index (χ0n) is 12.2. The molecule has 1 heterocycles. The molecular formula is C14H30N2O. The number of nitrogens with one attached hydrogen (secondary N) is 1. The molecule has 1 aliphatic heterocycles. The van der Waals surface area contributed by atoms with E-state index in [1.165, 1.54) is 13.0 Å². The zero-order valence-corrected chi connectivity index (χ0v) is 12.2. The topological polar surface area (TPSA) is 24.5 Å². The molecule has 0 spiro atoms. The van der Waals surface area contributed by atoms with Crippen LogP contribution in [0.3, 0.4) is 0 Å². The summed E-state index contributed by atoms with van der Waals surface area (Å²) in [5, 5.41) is 3.66. The Morgan fingerprint density at radius 2 is 2.06 bits per heavy atom. The number of methoxy groups -OCH3 is 1. The van der Waals surface area contributed by atoms with Crippen molar-refractivity contribution in [2.24, 2.45) is 11.8 Å². The molecule has 17 heavy (non-hydrogen) atoms. The van der Waals surface area contributed by atoms with E-state index in [0.29, 0.717) is 18.0 Å². The van der Waals surface area contributed by atoms with Gasteiger partial charge >= 0.3 is 0 Å². The van der Waals surface area contributed by atoms with Crippen LogP contribution in [-0.4, -0.2) is 50.3 Å². The lowest BCUT2D eigenvalue weighted by molar-refractivity contribution is 0.0615. The summed E-state index contributed by atoms with van der Waals surface area (Å²) in [6.45, 7) is 13.6. The first kappa shape index (κ1) is 14.9. The van der Waals surface area contributed by atoms with E-state index in [0.717, 1.165) is 25.6 Å². The Balaban J connectivity index is 2.54. The Morgan fingerprint density at radius 1 is 1.35 bits per heavy atom. The van der Waals surface area contributed by atoms with E-state index < -0.39 is 0 Å². The summed E-state index contributed by atoms with van der Waals surface area (Å²) in [5.41, 5.74) is 0. The molecular weight excluding hydrogens is 212 g/mol. The van der Waals surface area contributed by atoms with E-state index in [-0.39, 0.29) is 0 Å². The van der Waals surface area contributed by atoms with Crippen molar-refractivity contribution in [2.45, 2.75) is 46.2 Å². The van der Waals surface area contributed by atoms with Crippen LogP contribution in [0.15, 0.2) is 0 Å². The van der Waals surface area contributed by atoms with E-state index in [1.807, 2.05) is 0 Å². The van der Waals surface area contributed by atoms with Gasteiger partial charge < -0.3 is 10.1 Å². The summed E-state index contributed by atoms with van der Waals surface area (Å²) >= 11 is 0. The van der Waals surface area contributed by atoms with Crippen molar-refractivity contribution in [2.75, 3.05) is 33.4 Å². The van der Waals surface area contributed by atoms with E-state index in [9.17, 15) is 0 Å². The molecule has 0 aliphatic carbocycles. The molecule has 3 heteroatoms. The van der Waals surface area contributed by atoms with E-state index in [1.54, 1.807) is 7.11 Å². The van der Waals surface area contributed by atoms with Crippen LogP contribution in [0.1, 0.15) is 34.1 Å². The van der Waals surface area contributed by atoms with Gasteiger partial charge in [0.1, 0.15) is 0 Å². The molecule has 0 aromatic rings. The van der Waals surface area contributed by atoms with Gasteiger partial charge in [0.15, 0.2) is 0 Å². The Bertz CT molecular complexity index is 208. The molecule has 0 bridgehead atoms. The second-order valence-corrected chi connectivity index (χ2v) is 5.84. The Morgan fingerprint density at radius 3 is 2.59 bits per heavy atom. The van der Waals surface area contributed by atoms with Gasteiger partial charge in [-0.15, -0.1) is 0 Å². The fourth-order valence-corrected chi connectivity index (χ4v) is 2.78. The number of hydrogen-bond acceptors (Lipinski definition) is 3. The number of piperazine rings is 1. The van der Waals surface area contributed by atoms with E-state index >= 15 is 0 Å². The van der Waals surface area contributed by atoms with Crippen molar-refractivity contribution in [3.63, 3.8) is 0 Å². The summed E-state index contributed by atoms with van der Waals surface area (Å²) in [6, 6.07) is 1.34. The van der Waals surface area contributed by atoms with Crippen LogP contribution in [0, 0.1) is 11.8 Å². The monoisotopic (exact) mass is 242 g/mol. The highest BCUT2D eigenvalue weighted by Crippen LogP contribution is 2.18. The molecule has 0 radical (unpaired) electrons. The van der Waals surface area contributed by atoms with Gasteiger partial charge in [0.2, 0.25) is 0 Å². The first-order chi connectivity index (χ1) is 8.08. The van der Waals surface area contributed by atoms with Gasteiger partial charge in [0, 0.05) is 45.4 Å². The largest absolute Gasteiger partial charge is 0.384 e. The van der Waals surface area contributed by atoms with Gasteiger partial charge in [-0.1, -0.05) is 27.7 Å². The van der Waals surface area contributed by atoms with Crippen molar-refractivity contribution < 1.29 is 4.74 Å². The number of ether oxygens (including phenoxy) is 1. The first-order valence-corrected chi connectivity index (χ1v) is 7.04. The van der Waals surface area contributed by atoms with Gasteiger partial charge in [-0.25, -0.2) is 0 Å². The lowest BCUT2D eigenvalue weighted by Crippen LogP contribution is -2.58. The third kappa shape index (κ3) is 4.57. The third-order valence-electron chi connectivity index (χ3n) is 3.80. The molecule has 1 rings (SSSR count). The maximum absolute atomic E-state index is 5.25. The molecule has 3 atom stereocenters. The van der Waals surface area contributed by atoms with Crippen molar-refractivity contribution in [1.82, 2.24) is 10.2 Å². The predicted molar refractivity (Wildman–Crippen MR) is 73.3 cm³/mol. The van der Waals surface area contributed by atoms with Gasteiger partial charge in [-0.2, -0.15) is 0 Å². The van der Waals surface area contributed by atoms with Crippen LogP contribution in [0.5, 0.6) is 0 Å². The standard InChI is InChI=1S/C14H30N2O/c1-6-13-9-16(8-12(4)10-17-5)14(7-15-13)11(2)3/h11-15H,6-10H2,1-5H3. The summed E-state index contributed by atoms with van der Waals surface area (Å²) in [4.78, 5) is 2.67. The number of rotatable bonds is 6. The van der Waals surface area contributed by atoms with Crippen molar-refractivity contribution in [3.8, 4) is 0 Å². The number of nitrogens with zero attached hydrogens (tertiary/aromatic N) is 1. The molecule has 3 nitrogen and oxygen atoms in total. The summed E-state index contributed by atoms with van der Waals surface area (Å²) < 4.78 is 5.25. The summed E-state index contributed by atoms with van der Waals surface area (Å²) in [6.07, 6.45) is 1.22. The van der Waals surface area contributed by atoms with Crippen LogP contribution < -0.4 is 5.32 Å². The van der Waals surface area contributed by atoms with Crippen LogP contribution in [0.25, 0.3) is 0 Å². The molecule has 102 valence electrons. The Labute approximate surface area is 107 Å². The SMILES string of the molecule is CCC1CN(CC(C)COC)C(C(C)C)CN1. The van der Waals surface area contributed by atoms with Crippen molar-refractivity contribution in [1.29, 1.82) is 0 Å². The molecule has 0 amide bonds. The predicted octanol–water partition coefficient (Wildman–Crippen LogP) is 1.98. The molecule has 1 saturated heterocycles. The molecule has 1 aliphatic rings. The average Bonchev–Trinajstić information content (AvgIpc) is 2.28. The third-order valence-corrected chi connectivity index (χ3v) is 3.80. The molecule has 1 fully saturated rings. The minimum atomic E-state index is 0.622. The van der Waals surface area contributed by atoms with E-state index in [2.05, 4.69) is 37.9 Å². The maximum Gasteiger partial charge on any atom is 0.0500 e. The van der Waals surface area contributed by atoms with Gasteiger partial charge in [0.25, 0.3) is 0 Å². The van der Waals surface area contributed by atoms with Gasteiger partial charge in [0.05, 0.1) is 0 Å². The highest BCUT2D eigenvalue weighted by atomic mass is 16.5. The van der Waals surface area contributed by atoms with Gasteiger partial charge in [-0.05, 0) is 18.3 Å². The molecule has 0 aromatic carbocycles. The summed E-state index contributed by atoms with van der Waals surface area (Å²) in [7, 11) is 1.79. The van der Waals surface area contributed by atoms with Crippen LogP contribution in [0.4, 0.5) is 0 Å². The van der Waals surface area contributed by atoms with E-state index in [4.69, 9.17) is 4.74 Å². The minimum Gasteiger partial charge on any atom is -0.384 e.